The van der Waals surface area contributed by atoms with E-state index in [2.05, 4.69) is 10.2 Å². The monoisotopic (exact) mass is 583 g/mol. The zero-order chi connectivity index (χ0) is 28.9. The van der Waals surface area contributed by atoms with Crippen LogP contribution in [-0.4, -0.2) is 64.4 Å². The van der Waals surface area contributed by atoms with E-state index in [4.69, 9.17) is 9.47 Å². The maximum absolute atomic E-state index is 14.1. The number of nitrogens with one attached hydrogen (secondary N) is 1. The Bertz CT molecular complexity index is 1400. The van der Waals surface area contributed by atoms with Gasteiger partial charge in [0.05, 0.1) is 5.70 Å². The Labute approximate surface area is 249 Å². The molecular formula is C33H33N3O5S. The summed E-state index contributed by atoms with van der Waals surface area (Å²) in [5, 5.41) is 2.42. The molecule has 9 heteroatoms. The van der Waals surface area contributed by atoms with E-state index in [9.17, 15) is 14.4 Å². The summed E-state index contributed by atoms with van der Waals surface area (Å²) < 4.78 is 11.8. The summed E-state index contributed by atoms with van der Waals surface area (Å²) in [6.07, 6.45) is 2.57. The van der Waals surface area contributed by atoms with E-state index in [0.29, 0.717) is 11.5 Å². The minimum atomic E-state index is -0.744. The molecule has 3 aliphatic rings. The zero-order valence-electron chi connectivity index (χ0n) is 23.2. The molecule has 2 amide bonds. The Morgan fingerprint density at radius 1 is 0.857 bits per heavy atom. The van der Waals surface area contributed by atoms with Gasteiger partial charge in [-0.25, -0.2) is 4.79 Å². The lowest BCUT2D eigenvalue weighted by molar-refractivity contribution is -0.155. The van der Waals surface area contributed by atoms with E-state index in [-0.39, 0.29) is 24.1 Å². The number of ether oxygens (including phenoxy) is 2. The van der Waals surface area contributed by atoms with Crippen LogP contribution >= 0.6 is 11.8 Å². The molecule has 8 nitrogen and oxygen atoms in total. The third-order valence-corrected chi connectivity index (χ3v) is 9.00. The number of likely N-dealkylation sites (tertiary alicyclic amines) is 1. The van der Waals surface area contributed by atoms with Gasteiger partial charge in [0.1, 0.15) is 17.2 Å². The first-order chi connectivity index (χ1) is 20.6. The molecule has 0 radical (unpaired) electrons. The predicted molar refractivity (Wildman–Crippen MR) is 160 cm³/mol. The first kappa shape index (κ1) is 27.9. The summed E-state index contributed by atoms with van der Waals surface area (Å²) in [5.74, 6) is -0.123. The summed E-state index contributed by atoms with van der Waals surface area (Å²) in [5.41, 5.74) is 2.80. The van der Waals surface area contributed by atoms with Crippen molar-refractivity contribution in [2.45, 2.75) is 36.8 Å². The molecule has 0 aromatic heterocycles. The second-order valence-corrected chi connectivity index (χ2v) is 11.6. The molecule has 2 saturated heterocycles. The van der Waals surface area contributed by atoms with Crippen LogP contribution in [0.5, 0.6) is 5.75 Å². The minimum absolute atomic E-state index is 0.204. The molecule has 3 aromatic carbocycles. The van der Waals surface area contributed by atoms with Gasteiger partial charge >= 0.3 is 5.97 Å². The summed E-state index contributed by atoms with van der Waals surface area (Å²) in [7, 11) is 0. The van der Waals surface area contributed by atoms with Crippen LogP contribution in [0.1, 0.15) is 36.5 Å². The lowest BCUT2D eigenvalue weighted by atomic mass is 10.0. The summed E-state index contributed by atoms with van der Waals surface area (Å²) >= 11 is 1.56. The molecule has 0 unspecified atom stereocenters. The van der Waals surface area contributed by atoms with Gasteiger partial charge in [0, 0.05) is 18.8 Å². The van der Waals surface area contributed by atoms with Crippen LogP contribution in [0.25, 0.3) is 0 Å². The number of rotatable bonds is 9. The van der Waals surface area contributed by atoms with Gasteiger partial charge in [-0.3, -0.25) is 14.5 Å². The van der Waals surface area contributed by atoms with Crippen molar-refractivity contribution in [3.05, 3.63) is 114 Å². The molecule has 2 fully saturated rings. The van der Waals surface area contributed by atoms with Gasteiger partial charge in [-0.15, -0.1) is 11.8 Å². The number of hydrogen-bond acceptors (Lipinski definition) is 7. The fourth-order valence-electron chi connectivity index (χ4n) is 5.63. The topological polar surface area (TPSA) is 88.2 Å². The summed E-state index contributed by atoms with van der Waals surface area (Å²) in [4.78, 5) is 44.1. The van der Waals surface area contributed by atoms with E-state index in [0.717, 1.165) is 49.2 Å². The second-order valence-electron chi connectivity index (χ2n) is 10.5. The number of nitrogens with zero attached hydrogens (tertiary/aromatic N) is 2. The Hall–Kier alpha value is -4.24. The molecule has 216 valence electrons. The largest absolute Gasteiger partial charge is 0.484 e. The van der Waals surface area contributed by atoms with Crippen LogP contribution in [0.3, 0.4) is 0 Å². The first-order valence-electron chi connectivity index (χ1n) is 14.3. The highest BCUT2D eigenvalue weighted by Gasteiger charge is 2.55. The lowest BCUT2D eigenvalue weighted by Crippen LogP contribution is -2.71. The van der Waals surface area contributed by atoms with Crippen molar-refractivity contribution in [3.63, 3.8) is 0 Å². The highest BCUT2D eigenvalue weighted by molar-refractivity contribution is 8.00. The number of piperidine rings is 1. The van der Waals surface area contributed by atoms with Crippen molar-refractivity contribution in [1.82, 2.24) is 15.1 Å². The number of benzene rings is 3. The maximum atomic E-state index is 14.1. The van der Waals surface area contributed by atoms with Crippen molar-refractivity contribution in [1.29, 1.82) is 0 Å². The maximum Gasteiger partial charge on any atom is 0.357 e. The van der Waals surface area contributed by atoms with Crippen LogP contribution < -0.4 is 10.1 Å². The highest BCUT2D eigenvalue weighted by atomic mass is 32.2. The number of β-lactam (4-membered cyclic amide) rings is 1. The normalized spacial score (nSPS) is 20.1. The number of fused-ring (bicyclic) bond motifs is 1. The average Bonchev–Trinajstić information content (AvgIpc) is 3.06. The van der Waals surface area contributed by atoms with Crippen molar-refractivity contribution < 1.29 is 23.9 Å². The molecule has 3 aromatic rings. The van der Waals surface area contributed by atoms with E-state index < -0.39 is 23.5 Å². The van der Waals surface area contributed by atoms with Gasteiger partial charge in [0.2, 0.25) is 0 Å². The number of esters is 1. The molecule has 2 atom stereocenters. The first-order valence-corrected chi connectivity index (χ1v) is 15.4. The highest BCUT2D eigenvalue weighted by Crippen LogP contribution is 2.43. The molecule has 3 aliphatic heterocycles. The Balaban J connectivity index is 1.24. The fourth-order valence-corrected chi connectivity index (χ4v) is 7.01. The van der Waals surface area contributed by atoms with Crippen LogP contribution in [0, 0.1) is 0 Å². The molecular weight excluding hydrogens is 550 g/mol. The molecule has 6 rings (SSSR count). The number of hydrogen-bond donors (Lipinski definition) is 1. The molecule has 0 aliphatic carbocycles. The summed E-state index contributed by atoms with van der Waals surface area (Å²) in [6.45, 7) is 1.46. The van der Waals surface area contributed by atoms with Crippen molar-refractivity contribution in [3.8, 4) is 5.75 Å². The third kappa shape index (κ3) is 5.87. The van der Waals surface area contributed by atoms with Crippen LogP contribution in [0.4, 0.5) is 0 Å². The van der Waals surface area contributed by atoms with E-state index >= 15 is 0 Å². The van der Waals surface area contributed by atoms with Gasteiger partial charge in [-0.2, -0.15) is 0 Å². The number of amides is 2. The molecule has 0 bridgehead atoms. The number of thioether (sulfide) groups is 1. The van der Waals surface area contributed by atoms with E-state index in [1.54, 1.807) is 23.9 Å². The van der Waals surface area contributed by atoms with Gasteiger partial charge < -0.3 is 19.7 Å². The quantitative estimate of drug-likeness (QED) is 0.293. The van der Waals surface area contributed by atoms with E-state index in [1.165, 1.54) is 4.90 Å². The molecule has 3 heterocycles. The Morgan fingerprint density at radius 3 is 2.07 bits per heavy atom. The SMILES string of the molecule is O=C(COc1ccccc1)N[C@@H]1C(=O)N2C(C(=O)OC(c3ccccc3)c3ccccc3)=C(N3CCCCC3)CS[C@@H]12. The van der Waals surface area contributed by atoms with Gasteiger partial charge in [-0.1, -0.05) is 78.9 Å². The smallest absolute Gasteiger partial charge is 0.357 e. The lowest BCUT2D eigenvalue weighted by Gasteiger charge is -2.51. The van der Waals surface area contributed by atoms with Gasteiger partial charge in [-0.05, 0) is 42.5 Å². The van der Waals surface area contributed by atoms with Crippen molar-refractivity contribution in [2.75, 3.05) is 25.4 Å². The van der Waals surface area contributed by atoms with Crippen LogP contribution in [0.15, 0.2) is 102 Å². The number of para-hydroxylation sites is 1. The minimum Gasteiger partial charge on any atom is -0.484 e. The van der Waals surface area contributed by atoms with Crippen molar-refractivity contribution in [2.24, 2.45) is 0 Å². The predicted octanol–water partition coefficient (Wildman–Crippen LogP) is 4.50. The second kappa shape index (κ2) is 12.7. The average molecular weight is 584 g/mol. The van der Waals surface area contributed by atoms with Gasteiger partial charge in [0.25, 0.3) is 11.8 Å². The third-order valence-electron chi connectivity index (χ3n) is 7.74. The number of carbonyl (C=O) groups is 3. The standard InChI is InChI=1S/C33H33N3O5S/c37-27(21-40-25-17-9-3-10-18-25)34-28-31(38)36-29(26(22-42-32(28)36)35-19-11-4-12-20-35)33(39)41-30(23-13-5-1-6-14-23)24-15-7-2-8-16-24/h1-3,5-10,13-18,28,30,32H,4,11-12,19-22H2,(H,34,37)/t28-,32+/m1/s1. The van der Waals surface area contributed by atoms with E-state index in [1.807, 2.05) is 78.9 Å². The van der Waals surface area contributed by atoms with Crippen LogP contribution in [0.2, 0.25) is 0 Å². The summed E-state index contributed by atoms with van der Waals surface area (Å²) in [6, 6.07) is 27.5. The molecule has 0 saturated carbocycles. The Morgan fingerprint density at radius 2 is 1.45 bits per heavy atom. The van der Waals surface area contributed by atoms with Crippen LogP contribution in [-0.2, 0) is 19.1 Å². The molecule has 0 spiro atoms. The number of carbonyl (C=O) groups excluding carboxylic acids is 3. The molecule has 1 N–H and O–H groups in total. The Kier molecular flexibility index (Phi) is 8.46. The molecule has 42 heavy (non-hydrogen) atoms. The fraction of sp³-hybridized carbons (Fsp3) is 0.303. The van der Waals surface area contributed by atoms with Crippen molar-refractivity contribution >= 4 is 29.5 Å². The van der Waals surface area contributed by atoms with Gasteiger partial charge in [0.15, 0.2) is 18.4 Å². The zero-order valence-corrected chi connectivity index (χ0v) is 24.0.